The summed E-state index contributed by atoms with van der Waals surface area (Å²) in [6, 6.07) is 5.69. The predicted molar refractivity (Wildman–Crippen MR) is 84.7 cm³/mol. The van der Waals surface area contributed by atoms with Gasteiger partial charge >= 0.3 is 0 Å². The molecule has 110 valence electrons. The fraction of sp³-hybridized carbons (Fsp3) is 0.294. The lowest BCUT2D eigenvalue weighted by Gasteiger charge is -2.08. The molecule has 1 heterocycles. The van der Waals surface area contributed by atoms with Gasteiger partial charge in [-0.15, -0.1) is 0 Å². The third kappa shape index (κ3) is 3.40. The van der Waals surface area contributed by atoms with Gasteiger partial charge in [0.15, 0.2) is 0 Å². The van der Waals surface area contributed by atoms with Gasteiger partial charge in [-0.2, -0.15) is 0 Å². The lowest BCUT2D eigenvalue weighted by molar-refractivity contribution is 0.402. The monoisotopic (exact) mass is 284 g/mol. The van der Waals surface area contributed by atoms with Gasteiger partial charge in [0.2, 0.25) is 0 Å². The average Bonchev–Trinajstić information content (AvgIpc) is 2.49. The van der Waals surface area contributed by atoms with Crippen molar-refractivity contribution in [2.75, 3.05) is 14.2 Å². The Balaban J connectivity index is 2.39. The Morgan fingerprint density at radius 2 is 1.57 bits per heavy atom. The van der Waals surface area contributed by atoms with Gasteiger partial charge in [0.1, 0.15) is 11.5 Å². The summed E-state index contributed by atoms with van der Waals surface area (Å²) >= 11 is 0. The maximum Gasteiger partial charge on any atom is 0.126 e. The summed E-state index contributed by atoms with van der Waals surface area (Å²) in [7, 11) is 3.30. The molecule has 0 amide bonds. The van der Waals surface area contributed by atoms with Gasteiger partial charge in [-0.3, -0.25) is 4.98 Å². The van der Waals surface area contributed by atoms with Crippen molar-refractivity contribution in [2.24, 2.45) is 0 Å². The summed E-state index contributed by atoms with van der Waals surface area (Å²) < 4.78 is 10.6. The summed E-state index contributed by atoms with van der Waals surface area (Å²) in [5.74, 6) is 1.58. The molecule has 1 aromatic heterocycles. The molecule has 0 unspecified atom stereocenters. The molecule has 2 aromatic rings. The number of methoxy groups -OCH3 is 2. The lowest BCUT2D eigenvalue weighted by Crippen LogP contribution is -1.98. The molecule has 2 rings (SSSR count). The van der Waals surface area contributed by atoms with Crippen LogP contribution in [0.5, 0.6) is 11.5 Å². The number of aromatic nitrogens is 2. The Bertz CT molecular complexity index is 679. The largest absolute Gasteiger partial charge is 0.497 e. The van der Waals surface area contributed by atoms with Gasteiger partial charge in [0.05, 0.1) is 37.0 Å². The van der Waals surface area contributed by atoms with Gasteiger partial charge < -0.3 is 9.47 Å². The van der Waals surface area contributed by atoms with Gasteiger partial charge in [-0.1, -0.05) is 0 Å². The van der Waals surface area contributed by atoms with E-state index in [9.17, 15) is 0 Å². The number of rotatable bonds is 4. The van der Waals surface area contributed by atoms with Crippen molar-refractivity contribution in [3.05, 3.63) is 46.5 Å². The first-order valence-electron chi connectivity index (χ1n) is 6.77. The van der Waals surface area contributed by atoms with Crippen LogP contribution in [0.1, 0.15) is 28.3 Å². The van der Waals surface area contributed by atoms with Crippen LogP contribution in [-0.2, 0) is 0 Å². The molecule has 0 atom stereocenters. The third-order valence-electron chi connectivity index (χ3n) is 3.38. The molecule has 0 spiro atoms. The zero-order chi connectivity index (χ0) is 15.4. The Labute approximate surface area is 125 Å². The van der Waals surface area contributed by atoms with E-state index in [1.807, 2.05) is 51.1 Å². The zero-order valence-corrected chi connectivity index (χ0v) is 13.1. The van der Waals surface area contributed by atoms with Gasteiger partial charge in [-0.25, -0.2) is 4.98 Å². The first kappa shape index (κ1) is 15.0. The van der Waals surface area contributed by atoms with Crippen LogP contribution >= 0.6 is 0 Å². The molecule has 0 bridgehead atoms. The second-order valence-corrected chi connectivity index (χ2v) is 4.81. The predicted octanol–water partition coefficient (Wildman–Crippen LogP) is 3.59. The van der Waals surface area contributed by atoms with Crippen LogP contribution in [0.4, 0.5) is 0 Å². The van der Waals surface area contributed by atoms with Gasteiger partial charge in [0, 0.05) is 5.56 Å². The Morgan fingerprint density at radius 3 is 2.24 bits per heavy atom. The molecule has 0 fully saturated rings. The van der Waals surface area contributed by atoms with E-state index >= 15 is 0 Å². The van der Waals surface area contributed by atoms with Crippen molar-refractivity contribution in [3.63, 3.8) is 0 Å². The number of hydrogen-bond acceptors (Lipinski definition) is 4. The second kappa shape index (κ2) is 6.39. The fourth-order valence-electron chi connectivity index (χ4n) is 2.03. The normalized spacial score (nSPS) is 10.9. The molecule has 0 aliphatic heterocycles. The smallest absolute Gasteiger partial charge is 0.126 e. The number of hydrogen-bond donors (Lipinski definition) is 0. The molecule has 0 aliphatic rings. The van der Waals surface area contributed by atoms with Crippen LogP contribution in [0, 0.1) is 20.8 Å². The maximum atomic E-state index is 5.36. The number of aryl methyl sites for hydroxylation is 3. The number of ether oxygens (including phenoxy) is 2. The summed E-state index contributed by atoms with van der Waals surface area (Å²) in [6.45, 7) is 5.89. The quantitative estimate of drug-likeness (QED) is 0.860. The minimum Gasteiger partial charge on any atom is -0.497 e. The second-order valence-electron chi connectivity index (χ2n) is 4.81. The highest BCUT2D eigenvalue weighted by Gasteiger charge is 2.05. The molecule has 0 aliphatic carbocycles. The molecule has 0 saturated carbocycles. The Kier molecular flexibility index (Phi) is 4.58. The molecule has 1 aromatic carbocycles. The molecule has 0 N–H and O–H groups in total. The van der Waals surface area contributed by atoms with E-state index in [1.54, 1.807) is 14.2 Å². The Morgan fingerprint density at radius 1 is 0.857 bits per heavy atom. The lowest BCUT2D eigenvalue weighted by atomic mass is 10.1. The highest BCUT2D eigenvalue weighted by Crippen LogP contribution is 2.26. The van der Waals surface area contributed by atoms with Crippen molar-refractivity contribution in [2.45, 2.75) is 20.8 Å². The summed E-state index contributed by atoms with van der Waals surface area (Å²) in [5, 5.41) is 0. The van der Waals surface area contributed by atoms with Crippen molar-refractivity contribution in [3.8, 4) is 11.5 Å². The topological polar surface area (TPSA) is 44.2 Å². The van der Waals surface area contributed by atoms with Crippen LogP contribution in [0.15, 0.2) is 18.2 Å². The van der Waals surface area contributed by atoms with Crippen molar-refractivity contribution < 1.29 is 9.47 Å². The molecule has 0 saturated heterocycles. The van der Waals surface area contributed by atoms with Crippen molar-refractivity contribution in [1.82, 2.24) is 9.97 Å². The van der Waals surface area contributed by atoms with Gasteiger partial charge in [-0.05, 0) is 51.1 Å². The molecular formula is C17H20N2O2. The minimum absolute atomic E-state index is 0.790. The Hall–Kier alpha value is -2.36. The molecule has 21 heavy (non-hydrogen) atoms. The third-order valence-corrected chi connectivity index (χ3v) is 3.38. The van der Waals surface area contributed by atoms with E-state index in [-0.39, 0.29) is 0 Å². The van der Waals surface area contributed by atoms with Crippen LogP contribution < -0.4 is 9.47 Å². The van der Waals surface area contributed by atoms with Crippen LogP contribution in [0.25, 0.3) is 12.2 Å². The number of nitrogens with zero attached hydrogens (tertiary/aromatic N) is 2. The molecule has 4 nitrogen and oxygen atoms in total. The van der Waals surface area contributed by atoms with E-state index in [0.717, 1.165) is 39.8 Å². The van der Waals surface area contributed by atoms with Gasteiger partial charge in [0.25, 0.3) is 0 Å². The maximum absolute atomic E-state index is 5.36. The summed E-state index contributed by atoms with van der Waals surface area (Å²) in [5.41, 5.74) is 4.62. The van der Waals surface area contributed by atoms with E-state index in [0.29, 0.717) is 0 Å². The first-order valence-corrected chi connectivity index (χ1v) is 6.77. The van der Waals surface area contributed by atoms with Crippen molar-refractivity contribution in [1.29, 1.82) is 0 Å². The van der Waals surface area contributed by atoms with Crippen LogP contribution in [-0.4, -0.2) is 24.2 Å². The highest BCUT2D eigenvalue weighted by atomic mass is 16.5. The minimum atomic E-state index is 0.790. The fourth-order valence-corrected chi connectivity index (χ4v) is 2.03. The highest BCUT2D eigenvalue weighted by molar-refractivity contribution is 5.72. The van der Waals surface area contributed by atoms with E-state index < -0.39 is 0 Å². The molecular weight excluding hydrogens is 264 g/mol. The van der Waals surface area contributed by atoms with Crippen molar-refractivity contribution >= 4 is 12.2 Å². The molecule has 0 radical (unpaired) electrons. The van der Waals surface area contributed by atoms with Crippen LogP contribution in [0.2, 0.25) is 0 Å². The standard InChI is InChI=1S/C17H20N2O2/c1-11-12(2)19-16(13(3)18-11)8-6-14-10-15(20-4)7-9-17(14)21-5/h6-10H,1-5H3/b8-6+. The number of benzene rings is 1. The SMILES string of the molecule is COc1ccc(OC)c(/C=C/c2nc(C)c(C)nc2C)c1. The van der Waals surface area contributed by atoms with E-state index in [2.05, 4.69) is 9.97 Å². The average molecular weight is 284 g/mol. The molecule has 4 heteroatoms. The van der Waals surface area contributed by atoms with E-state index in [1.165, 1.54) is 0 Å². The first-order chi connectivity index (χ1) is 10.0. The van der Waals surface area contributed by atoms with E-state index in [4.69, 9.17) is 9.47 Å². The summed E-state index contributed by atoms with van der Waals surface area (Å²) in [6.07, 6.45) is 3.92. The van der Waals surface area contributed by atoms with Crippen LogP contribution in [0.3, 0.4) is 0 Å². The summed E-state index contributed by atoms with van der Waals surface area (Å²) in [4.78, 5) is 9.06. The zero-order valence-electron chi connectivity index (χ0n) is 13.1.